The molecule has 2 N–H and O–H groups in total. The van der Waals surface area contributed by atoms with Crippen LogP contribution in [0.5, 0.6) is 5.75 Å². The first-order valence-electron chi connectivity index (χ1n) is 37.2. The van der Waals surface area contributed by atoms with E-state index >= 15 is 0 Å². The predicted molar refractivity (Wildman–Crippen MR) is 480 cm³/mol. The van der Waals surface area contributed by atoms with Gasteiger partial charge in [0, 0.05) is 69.4 Å². The van der Waals surface area contributed by atoms with E-state index in [9.17, 15) is 9.59 Å². The summed E-state index contributed by atoms with van der Waals surface area (Å²) < 4.78 is 11.6. The van der Waals surface area contributed by atoms with Crippen molar-refractivity contribution in [1.29, 1.82) is 0 Å². The zero-order chi connectivity index (χ0) is 75.9. The predicted octanol–water partition coefficient (Wildman–Crippen LogP) is 18.4. The van der Waals surface area contributed by atoms with Crippen molar-refractivity contribution in [3.63, 3.8) is 0 Å². The van der Waals surface area contributed by atoms with Crippen LogP contribution in [0, 0.1) is 0 Å². The van der Waals surface area contributed by atoms with E-state index in [1.165, 1.54) is 70.6 Å². The Balaban J connectivity index is 0.000000133. The third-order valence-electron chi connectivity index (χ3n) is 18.2. The summed E-state index contributed by atoms with van der Waals surface area (Å²) in [6, 6.07) is 143. The average Bonchev–Trinajstić information content (AvgIpc) is 1.58. The molecule has 0 atom stereocenters. The molecule has 0 saturated carbocycles. The van der Waals surface area contributed by atoms with E-state index in [-0.39, 0.29) is 32.2 Å². The molecular weight excluding hydrogens is 1560 g/mol. The Hall–Kier alpha value is -10.4. The van der Waals surface area contributed by atoms with Gasteiger partial charge in [-0.25, -0.2) is 0 Å². The molecule has 17 rings (SSSR count). The fourth-order valence-electron chi connectivity index (χ4n) is 13.0. The smallest absolute Gasteiger partial charge is 0.256 e. The molecular formula is C99H87N3O4P4PdS. The Bertz CT molecular complexity index is 4440. The van der Waals surface area contributed by atoms with Gasteiger partial charge in [-0.2, -0.15) is 11.3 Å². The van der Waals surface area contributed by atoms with Crippen LogP contribution in [-0.2, 0) is 34.7 Å². The van der Waals surface area contributed by atoms with Crippen LogP contribution in [0.15, 0.2) is 417 Å². The minimum atomic E-state index is -0.446. The number of hydrogen-bond acceptors (Lipinski definition) is 6. The molecule has 0 radical (unpaired) electrons. The maximum Gasteiger partial charge on any atom is 0.256 e. The normalized spacial score (nSPS) is 12.4. The molecule has 0 bridgehead atoms. The van der Waals surface area contributed by atoms with Gasteiger partial charge >= 0.3 is 0 Å². The van der Waals surface area contributed by atoms with Crippen molar-refractivity contribution in [3.05, 3.63) is 428 Å². The van der Waals surface area contributed by atoms with Crippen molar-refractivity contribution in [2.45, 2.75) is 6.92 Å². The number of fused-ring (bicyclic) bond motifs is 1. The molecule has 2 aliphatic rings. The fraction of sp³-hybridized carbons (Fsp3) is 0.0707. The molecule has 0 aliphatic carbocycles. The number of nitrogens with one attached hydrogen (secondary N) is 2. The number of amides is 2. The quantitative estimate of drug-likeness (QED) is 0.0479. The molecule has 2 aliphatic heterocycles. The number of ether oxygens (including phenoxy) is 2. The van der Waals surface area contributed by atoms with Gasteiger partial charge in [-0.1, -0.05) is 376 Å². The number of carbonyl (C=O) groups excluding carboxylic acids is 2. The first kappa shape index (κ1) is 81.1. The van der Waals surface area contributed by atoms with Crippen LogP contribution >= 0.6 is 43.0 Å². The standard InChI is InChI=1S/C27H27N3O4S.4C18H15P.Pd/c1-18(31)28-21-3-4-22-24(27(32)29-25(22)16-21)15-19-2-5-26(23(14-19)20-6-13-35-17-20)34-12-9-30-7-10-33-11-8-30;4*1-4-10-16(11-5-1)19(17-12-6-2-7-13-17)18-14-8-3-9-15-18;/h2-6,13-17H,7-12H2,1H3,(H,28,31)(H,29,32);4*1-15H;. The third-order valence-corrected chi connectivity index (χ3v) is 28.7. The molecule has 1 fully saturated rings. The van der Waals surface area contributed by atoms with E-state index in [4.69, 9.17) is 9.47 Å². The van der Waals surface area contributed by atoms with E-state index in [0.717, 1.165) is 60.9 Å². The van der Waals surface area contributed by atoms with E-state index in [1.54, 1.807) is 23.5 Å². The monoisotopic (exact) mass is 1640 g/mol. The maximum absolute atomic E-state index is 12.7. The molecule has 1 saturated heterocycles. The topological polar surface area (TPSA) is 79.9 Å². The van der Waals surface area contributed by atoms with Gasteiger partial charge < -0.3 is 20.1 Å². The summed E-state index contributed by atoms with van der Waals surface area (Å²) in [6.07, 6.45) is 1.90. The van der Waals surface area contributed by atoms with Gasteiger partial charge in [0.1, 0.15) is 12.4 Å². The van der Waals surface area contributed by atoms with Crippen molar-refractivity contribution in [1.82, 2.24) is 4.90 Å². The van der Waals surface area contributed by atoms with Crippen molar-refractivity contribution >= 4 is 142 Å². The van der Waals surface area contributed by atoms with Gasteiger partial charge in [-0.3, -0.25) is 14.5 Å². The van der Waals surface area contributed by atoms with Crippen LogP contribution in [0.4, 0.5) is 11.4 Å². The largest absolute Gasteiger partial charge is 0.492 e. The molecule has 112 heavy (non-hydrogen) atoms. The molecule has 3 heterocycles. The fourth-order valence-corrected chi connectivity index (χ4v) is 22.9. The van der Waals surface area contributed by atoms with E-state index in [0.29, 0.717) is 23.6 Å². The maximum atomic E-state index is 12.7. The molecule has 2 amide bonds. The molecule has 1 aromatic heterocycles. The zero-order valence-electron chi connectivity index (χ0n) is 62.3. The first-order valence-corrected chi connectivity index (χ1v) is 43.5. The SMILES string of the molecule is CC(=O)Nc1ccc2c(c1)NC(=O)C2=Cc1ccc(OCCN2CCOCC2)c(-c2ccsc2)c1.[Pd].c1ccc(P(c2ccccc2)c2ccccc2)cc1.c1ccc(P(c2ccccc2)c2ccccc2)cc1.c1ccc(P(c2ccccc2)c2ccccc2)cc1.c1ccc(P(c2ccccc2)c2ccccc2)cc1. The summed E-state index contributed by atoms with van der Waals surface area (Å²) in [5.74, 6) is 0.510. The van der Waals surface area contributed by atoms with Crippen molar-refractivity contribution in [2.75, 3.05) is 50.1 Å². The minimum absolute atomic E-state index is 0. The van der Waals surface area contributed by atoms with Gasteiger partial charge in [0.25, 0.3) is 5.91 Å². The second kappa shape index (κ2) is 43.4. The molecule has 14 aromatic carbocycles. The first-order chi connectivity index (χ1) is 54.9. The molecule has 15 aromatic rings. The summed E-state index contributed by atoms with van der Waals surface area (Å²) in [7, 11) is -1.78. The molecule has 13 heteroatoms. The number of carbonyl (C=O) groups is 2. The Morgan fingerprint density at radius 3 is 1.01 bits per heavy atom. The van der Waals surface area contributed by atoms with Crippen LogP contribution in [0.3, 0.4) is 0 Å². The number of thiophene rings is 1. The van der Waals surface area contributed by atoms with Crippen LogP contribution in [0.2, 0.25) is 0 Å². The van der Waals surface area contributed by atoms with Gasteiger partial charge in [0.05, 0.1) is 18.9 Å². The number of anilines is 2. The van der Waals surface area contributed by atoms with Crippen molar-refractivity contribution in [3.8, 4) is 16.9 Å². The Labute approximate surface area is 682 Å². The third kappa shape index (κ3) is 23.1. The van der Waals surface area contributed by atoms with Crippen molar-refractivity contribution in [2.24, 2.45) is 0 Å². The number of morpholine rings is 1. The zero-order valence-corrected chi connectivity index (χ0v) is 68.2. The van der Waals surface area contributed by atoms with Crippen LogP contribution < -0.4 is 79.0 Å². The average molecular weight is 1650 g/mol. The molecule has 7 nitrogen and oxygen atoms in total. The summed E-state index contributed by atoms with van der Waals surface area (Å²) in [5.41, 5.74) is 5.74. The van der Waals surface area contributed by atoms with Crippen molar-refractivity contribution < 1.29 is 39.5 Å². The Kier molecular flexibility index (Phi) is 31.4. The van der Waals surface area contributed by atoms with Crippen LogP contribution in [0.25, 0.3) is 22.8 Å². The summed E-state index contributed by atoms with van der Waals surface area (Å²) >= 11 is 1.64. The summed E-state index contributed by atoms with van der Waals surface area (Å²) in [4.78, 5) is 26.4. The number of benzene rings is 14. The second-order valence-electron chi connectivity index (χ2n) is 25.9. The summed E-state index contributed by atoms with van der Waals surface area (Å²) in [6.45, 7) is 6.33. The second-order valence-corrected chi connectivity index (χ2v) is 35.6. The van der Waals surface area contributed by atoms with Gasteiger partial charge in [-0.15, -0.1) is 0 Å². The van der Waals surface area contributed by atoms with Crippen LogP contribution in [0.1, 0.15) is 18.1 Å². The van der Waals surface area contributed by atoms with Crippen LogP contribution in [-0.4, -0.2) is 56.2 Å². The Morgan fingerprint density at radius 1 is 0.411 bits per heavy atom. The molecule has 0 unspecified atom stereocenters. The van der Waals surface area contributed by atoms with E-state index < -0.39 is 31.7 Å². The van der Waals surface area contributed by atoms with Gasteiger partial charge in [-0.05, 0) is 154 Å². The Morgan fingerprint density at radius 2 is 0.723 bits per heavy atom. The van der Waals surface area contributed by atoms with Gasteiger partial charge in [0.2, 0.25) is 5.91 Å². The molecule has 0 spiro atoms. The minimum Gasteiger partial charge on any atom is -0.492 e. The van der Waals surface area contributed by atoms with Gasteiger partial charge in [0.15, 0.2) is 0 Å². The van der Waals surface area contributed by atoms with E-state index in [1.807, 2.05) is 29.7 Å². The number of hydrogen-bond donors (Lipinski definition) is 2. The number of rotatable bonds is 19. The van der Waals surface area contributed by atoms with E-state index in [2.05, 4.69) is 397 Å². The summed E-state index contributed by atoms with van der Waals surface area (Å²) in [5, 5.41) is 26.6. The number of nitrogens with zero attached hydrogens (tertiary/aromatic N) is 1. The molecule has 558 valence electrons.